The quantitative estimate of drug-likeness (QED) is 0.485. The van der Waals surface area contributed by atoms with Gasteiger partial charge in [-0.05, 0) is 48.6 Å². The van der Waals surface area contributed by atoms with Crippen LogP contribution in [0.1, 0.15) is 32.8 Å². The van der Waals surface area contributed by atoms with Crippen molar-refractivity contribution < 1.29 is 19.1 Å². The fourth-order valence-electron chi connectivity index (χ4n) is 3.00. The number of hydrogen-bond donors (Lipinski definition) is 1. The summed E-state index contributed by atoms with van der Waals surface area (Å²) in [7, 11) is 2.88. The van der Waals surface area contributed by atoms with Gasteiger partial charge in [0.15, 0.2) is 0 Å². The molecule has 1 aromatic carbocycles. The Morgan fingerprint density at radius 3 is 2.59 bits per heavy atom. The Labute approximate surface area is 161 Å². The summed E-state index contributed by atoms with van der Waals surface area (Å²) in [4.78, 5) is 25.8. The fraction of sp³-hybridized carbons (Fsp3) is 0.250. The van der Waals surface area contributed by atoms with Crippen LogP contribution in [0.2, 0.25) is 0 Å². The van der Waals surface area contributed by atoms with E-state index < -0.39 is 11.9 Å². The number of ether oxygens (including phenoxy) is 2. The summed E-state index contributed by atoms with van der Waals surface area (Å²) in [5, 5.41) is 12.5. The molecule has 0 saturated carbocycles. The maximum atomic E-state index is 12.6. The molecular formula is C20H18N2O4S. The van der Waals surface area contributed by atoms with Crippen LogP contribution in [-0.4, -0.2) is 26.1 Å². The number of nitriles is 1. The first-order chi connectivity index (χ1) is 13.1. The van der Waals surface area contributed by atoms with Crippen molar-refractivity contribution in [3.63, 3.8) is 0 Å². The predicted molar refractivity (Wildman–Crippen MR) is 103 cm³/mol. The van der Waals surface area contributed by atoms with Gasteiger partial charge in [0.05, 0.1) is 19.8 Å². The minimum absolute atomic E-state index is 0.0513. The number of esters is 1. The van der Waals surface area contributed by atoms with Gasteiger partial charge in [-0.3, -0.25) is 4.79 Å². The van der Waals surface area contributed by atoms with Gasteiger partial charge in [-0.1, -0.05) is 12.1 Å². The smallest absolute Gasteiger partial charge is 0.341 e. The zero-order valence-electron chi connectivity index (χ0n) is 15.0. The van der Waals surface area contributed by atoms with Gasteiger partial charge in [-0.2, -0.15) is 5.26 Å². The van der Waals surface area contributed by atoms with Crippen molar-refractivity contribution in [1.29, 1.82) is 5.26 Å². The van der Waals surface area contributed by atoms with Crippen LogP contribution in [-0.2, 0) is 22.4 Å². The molecule has 3 rings (SSSR count). The maximum Gasteiger partial charge on any atom is 0.341 e. The number of nitrogens with zero attached hydrogens (tertiary/aromatic N) is 1. The molecule has 0 unspecified atom stereocenters. The molecule has 0 spiro atoms. The largest absolute Gasteiger partial charge is 0.497 e. The van der Waals surface area contributed by atoms with Crippen LogP contribution in [0, 0.1) is 11.3 Å². The maximum absolute atomic E-state index is 12.6. The number of fused-ring (bicyclic) bond motifs is 1. The van der Waals surface area contributed by atoms with Gasteiger partial charge < -0.3 is 14.8 Å². The van der Waals surface area contributed by atoms with Crippen LogP contribution in [0.15, 0.2) is 29.8 Å². The Bertz CT molecular complexity index is 952. The summed E-state index contributed by atoms with van der Waals surface area (Å²) < 4.78 is 9.97. The molecular weight excluding hydrogens is 364 g/mol. The highest BCUT2D eigenvalue weighted by atomic mass is 32.1. The molecule has 1 heterocycles. The van der Waals surface area contributed by atoms with Crippen LogP contribution >= 0.6 is 11.3 Å². The number of amides is 1. The summed E-state index contributed by atoms with van der Waals surface area (Å²) in [6.45, 7) is 0. The Morgan fingerprint density at radius 2 is 1.96 bits per heavy atom. The van der Waals surface area contributed by atoms with Crippen LogP contribution in [0.4, 0.5) is 5.00 Å². The second-order valence-electron chi connectivity index (χ2n) is 5.95. The zero-order chi connectivity index (χ0) is 19.4. The highest BCUT2D eigenvalue weighted by molar-refractivity contribution is 7.17. The minimum atomic E-state index is -0.557. The first kappa shape index (κ1) is 18.7. The monoisotopic (exact) mass is 382 g/mol. The Kier molecular flexibility index (Phi) is 5.57. The van der Waals surface area contributed by atoms with Gasteiger partial charge in [-0.15, -0.1) is 11.3 Å². The molecule has 6 nitrogen and oxygen atoms in total. The van der Waals surface area contributed by atoms with Crippen LogP contribution in [0.5, 0.6) is 5.75 Å². The number of nitrogens with one attached hydrogen (secondary N) is 1. The second kappa shape index (κ2) is 8.06. The van der Waals surface area contributed by atoms with E-state index in [1.807, 2.05) is 6.07 Å². The number of carbonyl (C=O) groups excluding carboxylic acids is 2. The molecule has 0 atom stereocenters. The molecule has 1 aromatic heterocycles. The average molecular weight is 382 g/mol. The summed E-state index contributed by atoms with van der Waals surface area (Å²) in [5.74, 6) is -0.341. The summed E-state index contributed by atoms with van der Waals surface area (Å²) in [5.41, 5.74) is 2.00. The molecule has 1 amide bonds. The number of anilines is 1. The van der Waals surface area contributed by atoms with Crippen molar-refractivity contribution in [2.24, 2.45) is 0 Å². The van der Waals surface area contributed by atoms with Crippen molar-refractivity contribution in [1.82, 2.24) is 0 Å². The normalized spacial score (nSPS) is 12.9. The molecule has 0 aliphatic heterocycles. The van der Waals surface area contributed by atoms with Gasteiger partial charge in [-0.25, -0.2) is 4.79 Å². The molecule has 0 bridgehead atoms. The SMILES string of the molecule is COC(=O)c1c(NC(=O)C(C#N)=Cc2ccc(OC)cc2)sc2c1CCC2. The standard InChI is InChI=1S/C20H18N2O4S/c1-25-14-8-6-12(7-9-14)10-13(11-21)18(23)22-19-17(20(24)26-2)15-4-3-5-16(15)27-19/h6-10H,3-5H2,1-2H3,(H,22,23). The number of rotatable bonds is 5. The first-order valence-corrected chi connectivity index (χ1v) is 9.19. The summed E-state index contributed by atoms with van der Waals surface area (Å²) >= 11 is 1.37. The van der Waals surface area contributed by atoms with Gasteiger partial charge in [0.2, 0.25) is 0 Å². The van der Waals surface area contributed by atoms with E-state index in [-0.39, 0.29) is 5.57 Å². The highest BCUT2D eigenvalue weighted by Gasteiger charge is 2.28. The highest BCUT2D eigenvalue weighted by Crippen LogP contribution is 2.39. The first-order valence-electron chi connectivity index (χ1n) is 8.37. The molecule has 0 radical (unpaired) electrons. The van der Waals surface area contributed by atoms with Crippen LogP contribution in [0.25, 0.3) is 6.08 Å². The van der Waals surface area contributed by atoms with E-state index >= 15 is 0 Å². The van der Waals surface area contributed by atoms with E-state index in [9.17, 15) is 14.9 Å². The van der Waals surface area contributed by atoms with Gasteiger partial charge in [0.1, 0.15) is 22.4 Å². The third-order valence-corrected chi connectivity index (χ3v) is 5.54. The van der Waals surface area contributed by atoms with Crippen molar-refractivity contribution in [3.05, 3.63) is 51.4 Å². The Hall–Kier alpha value is -3.11. The number of carbonyl (C=O) groups is 2. The minimum Gasteiger partial charge on any atom is -0.497 e. The molecule has 27 heavy (non-hydrogen) atoms. The van der Waals surface area contributed by atoms with E-state index in [0.29, 0.717) is 21.9 Å². The molecule has 7 heteroatoms. The number of benzene rings is 1. The topological polar surface area (TPSA) is 88.4 Å². The van der Waals surface area contributed by atoms with Crippen molar-refractivity contribution in [3.8, 4) is 11.8 Å². The lowest BCUT2D eigenvalue weighted by molar-refractivity contribution is -0.112. The average Bonchev–Trinajstić information content (AvgIpc) is 3.26. The molecule has 0 saturated heterocycles. The van der Waals surface area contributed by atoms with Crippen molar-refractivity contribution in [2.75, 3.05) is 19.5 Å². The van der Waals surface area contributed by atoms with E-state index in [1.54, 1.807) is 31.4 Å². The van der Waals surface area contributed by atoms with Crippen LogP contribution < -0.4 is 10.1 Å². The zero-order valence-corrected chi connectivity index (χ0v) is 15.8. The predicted octanol–water partition coefficient (Wildman–Crippen LogP) is 3.58. The lowest BCUT2D eigenvalue weighted by Gasteiger charge is -2.06. The van der Waals surface area contributed by atoms with Gasteiger partial charge in [0.25, 0.3) is 5.91 Å². The van der Waals surface area contributed by atoms with E-state index in [2.05, 4.69) is 5.32 Å². The molecule has 1 N–H and O–H groups in total. The van der Waals surface area contributed by atoms with E-state index in [4.69, 9.17) is 9.47 Å². The number of thiophene rings is 1. The summed E-state index contributed by atoms with van der Waals surface area (Å²) in [6, 6.07) is 8.92. The number of hydrogen-bond acceptors (Lipinski definition) is 6. The third-order valence-electron chi connectivity index (χ3n) is 4.33. The number of aryl methyl sites for hydroxylation is 1. The van der Waals surface area contributed by atoms with Crippen LogP contribution in [0.3, 0.4) is 0 Å². The third kappa shape index (κ3) is 3.86. The Balaban J connectivity index is 1.86. The summed E-state index contributed by atoms with van der Waals surface area (Å²) in [6.07, 6.45) is 4.15. The molecule has 0 fully saturated rings. The molecule has 1 aliphatic rings. The van der Waals surface area contributed by atoms with E-state index in [1.165, 1.54) is 24.5 Å². The van der Waals surface area contributed by atoms with Gasteiger partial charge in [0, 0.05) is 4.88 Å². The van der Waals surface area contributed by atoms with Gasteiger partial charge >= 0.3 is 5.97 Å². The fourth-order valence-corrected chi connectivity index (χ4v) is 4.27. The van der Waals surface area contributed by atoms with Crippen molar-refractivity contribution >= 4 is 34.3 Å². The number of methoxy groups -OCH3 is 2. The van der Waals surface area contributed by atoms with E-state index in [0.717, 1.165) is 29.7 Å². The Morgan fingerprint density at radius 1 is 1.22 bits per heavy atom. The molecule has 138 valence electrons. The lowest BCUT2D eigenvalue weighted by Crippen LogP contribution is -2.15. The lowest BCUT2D eigenvalue weighted by atomic mass is 10.1. The molecule has 2 aromatic rings. The molecule has 1 aliphatic carbocycles. The second-order valence-corrected chi connectivity index (χ2v) is 7.06. The van der Waals surface area contributed by atoms with Crippen molar-refractivity contribution in [2.45, 2.75) is 19.3 Å².